The van der Waals surface area contributed by atoms with Gasteiger partial charge in [0.1, 0.15) is 21.5 Å². The van der Waals surface area contributed by atoms with Gasteiger partial charge in [-0.15, -0.1) is 0 Å². The van der Waals surface area contributed by atoms with E-state index in [0.29, 0.717) is 10.0 Å². The van der Waals surface area contributed by atoms with Crippen LogP contribution in [0.5, 0.6) is 11.5 Å². The maximum atomic E-state index is 11.6. The molecule has 6 heteroatoms. The van der Waals surface area contributed by atoms with E-state index in [1.54, 1.807) is 13.8 Å². The molecule has 1 aromatic carbocycles. The van der Waals surface area contributed by atoms with Crippen molar-refractivity contribution in [3.05, 3.63) is 20.1 Å². The third-order valence-electron chi connectivity index (χ3n) is 2.04. The van der Waals surface area contributed by atoms with E-state index in [2.05, 4.69) is 31.9 Å². The maximum absolute atomic E-state index is 11.6. The summed E-state index contributed by atoms with van der Waals surface area (Å²) in [5, 5.41) is 19.4. The zero-order chi connectivity index (χ0) is 12.5. The molecular formula is C10H10Br2O4. The van der Waals surface area contributed by atoms with Crippen LogP contribution >= 0.6 is 31.9 Å². The molecule has 0 heterocycles. The van der Waals surface area contributed by atoms with E-state index in [4.69, 9.17) is 4.74 Å². The van der Waals surface area contributed by atoms with Gasteiger partial charge in [-0.1, -0.05) is 0 Å². The molecule has 0 aliphatic heterocycles. The molecule has 0 aromatic heterocycles. The van der Waals surface area contributed by atoms with Gasteiger partial charge in [0.2, 0.25) is 0 Å². The van der Waals surface area contributed by atoms with Gasteiger partial charge in [-0.05, 0) is 51.3 Å². The standard InChI is InChI=1S/C10H10Br2O4/c1-3-16-10(15)5-4(2)6(11)9(14)7(12)8(5)13/h13-14H,3H2,1-2H3. The highest BCUT2D eigenvalue weighted by molar-refractivity contribution is 9.11. The first-order valence-electron chi connectivity index (χ1n) is 4.48. The number of phenols is 2. The molecule has 0 amide bonds. The maximum Gasteiger partial charge on any atom is 0.342 e. The fraction of sp³-hybridized carbons (Fsp3) is 0.300. The SMILES string of the molecule is CCOC(=O)c1c(C)c(Br)c(O)c(Br)c1O. The number of ether oxygens (including phenoxy) is 1. The number of hydrogen-bond donors (Lipinski definition) is 2. The number of aromatic hydroxyl groups is 2. The van der Waals surface area contributed by atoms with E-state index in [-0.39, 0.29) is 28.1 Å². The van der Waals surface area contributed by atoms with Crippen molar-refractivity contribution >= 4 is 37.8 Å². The number of rotatable bonds is 2. The summed E-state index contributed by atoms with van der Waals surface area (Å²) in [7, 11) is 0. The van der Waals surface area contributed by atoms with Crippen molar-refractivity contribution in [1.29, 1.82) is 0 Å². The molecule has 16 heavy (non-hydrogen) atoms. The molecule has 1 aromatic rings. The smallest absolute Gasteiger partial charge is 0.342 e. The Balaban J connectivity index is 3.45. The average molecular weight is 354 g/mol. The molecule has 0 spiro atoms. The van der Waals surface area contributed by atoms with Crippen molar-refractivity contribution < 1.29 is 19.7 Å². The van der Waals surface area contributed by atoms with Gasteiger partial charge in [-0.2, -0.15) is 0 Å². The normalized spacial score (nSPS) is 10.2. The van der Waals surface area contributed by atoms with Gasteiger partial charge < -0.3 is 14.9 Å². The second-order valence-electron chi connectivity index (χ2n) is 3.05. The van der Waals surface area contributed by atoms with Crippen LogP contribution in [0.2, 0.25) is 0 Å². The van der Waals surface area contributed by atoms with Crippen molar-refractivity contribution in [2.45, 2.75) is 13.8 Å². The fourth-order valence-corrected chi connectivity index (χ4v) is 2.30. The zero-order valence-electron chi connectivity index (χ0n) is 8.67. The number of hydrogen-bond acceptors (Lipinski definition) is 4. The molecule has 2 N–H and O–H groups in total. The van der Waals surface area contributed by atoms with Crippen LogP contribution in [0.15, 0.2) is 8.95 Å². The minimum Gasteiger partial charge on any atom is -0.506 e. The Labute approximate surface area is 109 Å². The largest absolute Gasteiger partial charge is 0.506 e. The lowest BCUT2D eigenvalue weighted by atomic mass is 10.1. The summed E-state index contributed by atoms with van der Waals surface area (Å²) in [6.45, 7) is 3.49. The van der Waals surface area contributed by atoms with E-state index in [1.165, 1.54) is 0 Å². The van der Waals surface area contributed by atoms with E-state index in [1.807, 2.05) is 0 Å². The number of carbonyl (C=O) groups excluding carboxylic acids is 1. The lowest BCUT2D eigenvalue weighted by Crippen LogP contribution is -2.08. The van der Waals surface area contributed by atoms with Crippen LogP contribution in [0.25, 0.3) is 0 Å². The first-order chi connectivity index (χ1) is 7.41. The molecule has 0 unspecified atom stereocenters. The molecule has 0 saturated heterocycles. The number of esters is 1. The van der Waals surface area contributed by atoms with Gasteiger partial charge in [0.15, 0.2) is 0 Å². The Morgan fingerprint density at radius 2 is 1.81 bits per heavy atom. The van der Waals surface area contributed by atoms with Crippen molar-refractivity contribution in [2.75, 3.05) is 6.61 Å². The second-order valence-corrected chi connectivity index (χ2v) is 4.63. The van der Waals surface area contributed by atoms with Crippen LogP contribution in [0.4, 0.5) is 0 Å². The van der Waals surface area contributed by atoms with Crippen molar-refractivity contribution in [3.8, 4) is 11.5 Å². The van der Waals surface area contributed by atoms with Crippen LogP contribution in [-0.2, 0) is 4.74 Å². The molecule has 0 saturated carbocycles. The third kappa shape index (κ3) is 2.17. The van der Waals surface area contributed by atoms with Crippen LogP contribution in [0.3, 0.4) is 0 Å². The molecule has 0 aliphatic carbocycles. The Hall–Kier alpha value is -0.750. The molecule has 0 aliphatic rings. The minimum atomic E-state index is -0.626. The number of phenolic OH excluding ortho intramolecular Hbond substituents is 2. The quantitative estimate of drug-likeness (QED) is 0.802. The Morgan fingerprint density at radius 3 is 2.31 bits per heavy atom. The number of halogens is 2. The van der Waals surface area contributed by atoms with E-state index in [9.17, 15) is 15.0 Å². The monoisotopic (exact) mass is 352 g/mol. The fourth-order valence-electron chi connectivity index (χ4n) is 1.24. The van der Waals surface area contributed by atoms with Gasteiger partial charge in [0, 0.05) is 0 Å². The zero-order valence-corrected chi connectivity index (χ0v) is 11.8. The highest BCUT2D eigenvalue weighted by atomic mass is 79.9. The van der Waals surface area contributed by atoms with Gasteiger partial charge in [-0.3, -0.25) is 0 Å². The van der Waals surface area contributed by atoms with E-state index < -0.39 is 5.97 Å². The summed E-state index contributed by atoms with van der Waals surface area (Å²) < 4.78 is 5.23. The summed E-state index contributed by atoms with van der Waals surface area (Å²) in [4.78, 5) is 11.6. The predicted octanol–water partition coefficient (Wildman–Crippen LogP) is 3.11. The lowest BCUT2D eigenvalue weighted by molar-refractivity contribution is 0.0522. The van der Waals surface area contributed by atoms with Crippen LogP contribution < -0.4 is 0 Å². The Bertz CT molecular complexity index is 414. The Kier molecular flexibility index (Phi) is 4.21. The highest BCUT2D eigenvalue weighted by Crippen LogP contribution is 2.44. The van der Waals surface area contributed by atoms with Gasteiger partial charge in [-0.25, -0.2) is 4.79 Å². The molecule has 88 valence electrons. The van der Waals surface area contributed by atoms with Crippen LogP contribution in [-0.4, -0.2) is 22.8 Å². The summed E-state index contributed by atoms with van der Waals surface area (Å²) in [5.74, 6) is -1.10. The molecule has 0 fully saturated rings. The van der Waals surface area contributed by atoms with Gasteiger partial charge in [0.25, 0.3) is 0 Å². The van der Waals surface area contributed by atoms with Crippen molar-refractivity contribution in [2.24, 2.45) is 0 Å². The van der Waals surface area contributed by atoms with Crippen LogP contribution in [0.1, 0.15) is 22.8 Å². The topological polar surface area (TPSA) is 66.8 Å². The van der Waals surface area contributed by atoms with Crippen LogP contribution in [0, 0.1) is 6.92 Å². The lowest BCUT2D eigenvalue weighted by Gasteiger charge is -2.12. The average Bonchev–Trinajstić information content (AvgIpc) is 2.24. The predicted molar refractivity (Wildman–Crippen MR) is 65.9 cm³/mol. The van der Waals surface area contributed by atoms with Crippen molar-refractivity contribution in [3.63, 3.8) is 0 Å². The summed E-state index contributed by atoms with van der Waals surface area (Å²) in [6, 6.07) is 0. The molecule has 0 atom stereocenters. The molecule has 0 bridgehead atoms. The van der Waals surface area contributed by atoms with E-state index in [0.717, 1.165) is 0 Å². The minimum absolute atomic E-state index is 0.0402. The molecule has 0 radical (unpaired) electrons. The van der Waals surface area contributed by atoms with Crippen molar-refractivity contribution in [1.82, 2.24) is 0 Å². The molecule has 4 nitrogen and oxygen atoms in total. The second kappa shape index (κ2) is 5.05. The first-order valence-corrected chi connectivity index (χ1v) is 6.07. The van der Waals surface area contributed by atoms with Gasteiger partial charge >= 0.3 is 5.97 Å². The summed E-state index contributed by atoms with van der Waals surface area (Å²) in [6.07, 6.45) is 0. The molecule has 1 rings (SSSR count). The summed E-state index contributed by atoms with van der Waals surface area (Å²) >= 11 is 6.13. The number of carbonyl (C=O) groups is 1. The van der Waals surface area contributed by atoms with E-state index >= 15 is 0 Å². The third-order valence-corrected chi connectivity index (χ3v) is 3.77. The summed E-state index contributed by atoms with van der Waals surface area (Å²) in [5.41, 5.74) is 0.468. The first kappa shape index (κ1) is 13.3. The number of benzene rings is 1. The highest BCUT2D eigenvalue weighted by Gasteiger charge is 2.24. The molecular weight excluding hydrogens is 344 g/mol. The van der Waals surface area contributed by atoms with Gasteiger partial charge in [0.05, 0.1) is 11.1 Å². The Morgan fingerprint density at radius 1 is 1.25 bits per heavy atom.